The molecule has 90 valence electrons. The van der Waals surface area contributed by atoms with Crippen molar-refractivity contribution in [2.75, 3.05) is 6.61 Å². The highest BCUT2D eigenvalue weighted by Crippen LogP contribution is 2.18. The van der Waals surface area contributed by atoms with Crippen molar-refractivity contribution >= 4 is 0 Å². The van der Waals surface area contributed by atoms with Gasteiger partial charge in [0.1, 0.15) is 5.75 Å². The Kier molecular flexibility index (Phi) is 5.11. The highest BCUT2D eigenvalue weighted by molar-refractivity contribution is 5.28. The second-order valence-corrected chi connectivity index (χ2v) is 3.28. The summed E-state index contributed by atoms with van der Waals surface area (Å²) in [6, 6.07) is 6.26. The lowest BCUT2D eigenvalue weighted by molar-refractivity contribution is -0.0669. The minimum absolute atomic E-state index is 0.0495. The Bertz CT molecular complexity index is 318. The van der Waals surface area contributed by atoms with E-state index < -0.39 is 12.8 Å². The van der Waals surface area contributed by atoms with Crippen molar-refractivity contribution in [3.8, 4) is 5.75 Å². The van der Waals surface area contributed by atoms with Crippen LogP contribution in [0.4, 0.5) is 13.2 Å². The van der Waals surface area contributed by atoms with E-state index >= 15 is 0 Å². The van der Waals surface area contributed by atoms with Crippen LogP contribution in [0.2, 0.25) is 0 Å². The van der Waals surface area contributed by atoms with Gasteiger partial charge in [0.15, 0.2) is 0 Å². The second kappa shape index (κ2) is 6.37. The summed E-state index contributed by atoms with van der Waals surface area (Å²) in [6.45, 7) is 0.0495. The van der Waals surface area contributed by atoms with Gasteiger partial charge in [0.25, 0.3) is 6.36 Å². The third-order valence-corrected chi connectivity index (χ3v) is 1.97. The Hall–Kier alpha value is -1.23. The number of alkyl halides is 3. The van der Waals surface area contributed by atoms with E-state index in [4.69, 9.17) is 5.11 Å². The normalized spacial score (nSPS) is 12.8. The zero-order valence-electron chi connectivity index (χ0n) is 8.57. The van der Waals surface area contributed by atoms with E-state index in [-0.39, 0.29) is 12.4 Å². The number of benzene rings is 1. The first-order valence-electron chi connectivity index (χ1n) is 4.92. The van der Waals surface area contributed by atoms with Gasteiger partial charge in [0, 0.05) is 6.61 Å². The van der Waals surface area contributed by atoms with Crippen LogP contribution < -0.4 is 4.74 Å². The molecule has 0 bridgehead atoms. The lowest BCUT2D eigenvalue weighted by atomic mass is 10.1. The Morgan fingerprint density at radius 3 is 2.62 bits per heavy atom. The summed E-state index contributed by atoms with van der Waals surface area (Å²) < 4.78 is 40.8. The van der Waals surface area contributed by atoms with Crippen LogP contribution in [0, 0.1) is 0 Å². The standard InChI is InChI=1S/C11H13F3O2/c12-10(13)11(14)16-9-5-1-3-8(7-9)4-2-6-15/h1,3,5,7,10-11,15H,2,4,6H2. The van der Waals surface area contributed by atoms with Crippen molar-refractivity contribution in [1.82, 2.24) is 0 Å². The van der Waals surface area contributed by atoms with Crippen LogP contribution in [0.1, 0.15) is 12.0 Å². The number of ether oxygens (including phenoxy) is 1. The number of hydrogen-bond acceptors (Lipinski definition) is 2. The summed E-state index contributed by atoms with van der Waals surface area (Å²) in [5.74, 6) is 0.0724. The summed E-state index contributed by atoms with van der Waals surface area (Å²) >= 11 is 0. The van der Waals surface area contributed by atoms with Gasteiger partial charge in [-0.25, -0.2) is 8.78 Å². The molecule has 1 N–H and O–H groups in total. The number of aryl methyl sites for hydroxylation is 1. The van der Waals surface area contributed by atoms with Gasteiger partial charge in [-0.3, -0.25) is 0 Å². The number of halogens is 3. The maximum absolute atomic E-state index is 12.6. The molecule has 0 amide bonds. The quantitative estimate of drug-likeness (QED) is 0.819. The summed E-state index contributed by atoms with van der Waals surface area (Å²) in [5.41, 5.74) is 0.813. The molecule has 1 aromatic rings. The topological polar surface area (TPSA) is 29.5 Å². The fourth-order valence-corrected chi connectivity index (χ4v) is 1.24. The Labute approximate surface area is 91.7 Å². The molecule has 1 aromatic carbocycles. The van der Waals surface area contributed by atoms with Crippen LogP contribution >= 0.6 is 0 Å². The van der Waals surface area contributed by atoms with Gasteiger partial charge in [0.2, 0.25) is 0 Å². The zero-order valence-corrected chi connectivity index (χ0v) is 8.57. The number of aliphatic hydroxyl groups is 1. The Morgan fingerprint density at radius 2 is 2.00 bits per heavy atom. The third-order valence-electron chi connectivity index (χ3n) is 1.97. The molecule has 0 aliphatic heterocycles. The molecule has 0 heterocycles. The van der Waals surface area contributed by atoms with Gasteiger partial charge in [0.05, 0.1) is 0 Å². The number of hydrogen-bond donors (Lipinski definition) is 1. The maximum Gasteiger partial charge on any atom is 0.304 e. The highest BCUT2D eigenvalue weighted by Gasteiger charge is 2.20. The second-order valence-electron chi connectivity index (χ2n) is 3.28. The van der Waals surface area contributed by atoms with Crippen LogP contribution in [-0.4, -0.2) is 24.5 Å². The molecule has 0 saturated heterocycles. The molecule has 0 fully saturated rings. The highest BCUT2D eigenvalue weighted by atomic mass is 19.3. The van der Waals surface area contributed by atoms with Gasteiger partial charge in [-0.2, -0.15) is 4.39 Å². The largest absolute Gasteiger partial charge is 0.454 e. The fourth-order valence-electron chi connectivity index (χ4n) is 1.24. The van der Waals surface area contributed by atoms with E-state index in [0.717, 1.165) is 5.56 Å². The molecule has 0 aliphatic carbocycles. The lowest BCUT2D eigenvalue weighted by Crippen LogP contribution is -2.19. The van der Waals surface area contributed by atoms with E-state index in [2.05, 4.69) is 4.74 Å². The predicted octanol–water partition coefficient (Wildman–Crippen LogP) is 2.55. The van der Waals surface area contributed by atoms with Crippen molar-refractivity contribution in [3.63, 3.8) is 0 Å². The molecule has 1 unspecified atom stereocenters. The van der Waals surface area contributed by atoms with Gasteiger partial charge in [-0.05, 0) is 30.5 Å². The molecule has 2 nitrogen and oxygen atoms in total. The van der Waals surface area contributed by atoms with Gasteiger partial charge < -0.3 is 9.84 Å². The van der Waals surface area contributed by atoms with Crippen molar-refractivity contribution < 1.29 is 23.0 Å². The molecular weight excluding hydrogens is 221 g/mol. The molecular formula is C11H13F3O2. The summed E-state index contributed by atoms with van der Waals surface area (Å²) in [4.78, 5) is 0. The first-order valence-corrected chi connectivity index (χ1v) is 4.92. The maximum atomic E-state index is 12.6. The molecule has 5 heteroatoms. The smallest absolute Gasteiger partial charge is 0.304 e. The monoisotopic (exact) mass is 234 g/mol. The van der Waals surface area contributed by atoms with Crippen LogP contribution in [0.3, 0.4) is 0 Å². The van der Waals surface area contributed by atoms with Gasteiger partial charge >= 0.3 is 6.43 Å². The van der Waals surface area contributed by atoms with Crippen LogP contribution in [-0.2, 0) is 6.42 Å². The van der Waals surface area contributed by atoms with E-state index in [1.807, 2.05) is 0 Å². The number of aliphatic hydroxyl groups excluding tert-OH is 1. The van der Waals surface area contributed by atoms with E-state index in [1.165, 1.54) is 12.1 Å². The SMILES string of the molecule is OCCCc1cccc(OC(F)C(F)F)c1. The van der Waals surface area contributed by atoms with Crippen molar-refractivity contribution in [2.45, 2.75) is 25.6 Å². The minimum atomic E-state index is -3.15. The summed E-state index contributed by atoms with van der Waals surface area (Å²) in [5, 5.41) is 8.62. The van der Waals surface area contributed by atoms with Crippen molar-refractivity contribution in [3.05, 3.63) is 29.8 Å². The van der Waals surface area contributed by atoms with Crippen molar-refractivity contribution in [1.29, 1.82) is 0 Å². The van der Waals surface area contributed by atoms with Gasteiger partial charge in [-0.1, -0.05) is 12.1 Å². The van der Waals surface area contributed by atoms with E-state index in [9.17, 15) is 13.2 Å². The number of rotatable bonds is 6. The zero-order chi connectivity index (χ0) is 12.0. The molecule has 0 radical (unpaired) electrons. The van der Waals surface area contributed by atoms with E-state index in [0.29, 0.717) is 12.8 Å². The fraction of sp³-hybridized carbons (Fsp3) is 0.455. The molecule has 1 atom stereocenters. The summed E-state index contributed by atoms with van der Waals surface area (Å²) in [7, 11) is 0. The Balaban J connectivity index is 2.59. The third kappa shape index (κ3) is 4.10. The molecule has 0 saturated carbocycles. The molecule has 16 heavy (non-hydrogen) atoms. The molecule has 1 rings (SSSR count). The van der Waals surface area contributed by atoms with Crippen molar-refractivity contribution in [2.24, 2.45) is 0 Å². The lowest BCUT2D eigenvalue weighted by Gasteiger charge is -2.11. The van der Waals surface area contributed by atoms with Crippen LogP contribution in [0.15, 0.2) is 24.3 Å². The van der Waals surface area contributed by atoms with Crippen LogP contribution in [0.5, 0.6) is 5.75 Å². The molecule has 0 aliphatic rings. The predicted molar refractivity (Wildman–Crippen MR) is 53.4 cm³/mol. The van der Waals surface area contributed by atoms with Crippen LogP contribution in [0.25, 0.3) is 0 Å². The van der Waals surface area contributed by atoms with Gasteiger partial charge in [-0.15, -0.1) is 0 Å². The van der Waals surface area contributed by atoms with E-state index in [1.54, 1.807) is 12.1 Å². The minimum Gasteiger partial charge on any atom is -0.454 e. The summed E-state index contributed by atoms with van der Waals surface area (Å²) in [6.07, 6.45) is -4.59. The average Bonchev–Trinajstić information content (AvgIpc) is 2.26. The Morgan fingerprint density at radius 1 is 1.25 bits per heavy atom. The molecule has 0 aromatic heterocycles. The average molecular weight is 234 g/mol. The molecule has 0 spiro atoms. The first kappa shape index (κ1) is 12.8. The first-order chi connectivity index (χ1) is 7.63.